The molecule has 0 aromatic rings. The molecule has 2 rings (SSSR count). The molecule has 2 aliphatic heterocycles. The van der Waals surface area contributed by atoms with Gasteiger partial charge < -0.3 is 20.0 Å². The van der Waals surface area contributed by atoms with E-state index in [-0.39, 0.29) is 0 Å². The van der Waals surface area contributed by atoms with Gasteiger partial charge in [0, 0.05) is 6.20 Å². The third kappa shape index (κ3) is 1.48. The summed E-state index contributed by atoms with van der Waals surface area (Å²) in [5.41, 5.74) is -0.471. The highest BCUT2D eigenvalue weighted by atomic mass is 16.5. The number of carboxylic acids is 2. The van der Waals surface area contributed by atoms with Gasteiger partial charge in [0.25, 0.3) is 0 Å². The van der Waals surface area contributed by atoms with Crippen molar-refractivity contribution in [2.24, 2.45) is 5.41 Å². The lowest BCUT2D eigenvalue weighted by Crippen LogP contribution is -2.60. The van der Waals surface area contributed by atoms with Crippen molar-refractivity contribution >= 4 is 11.9 Å². The molecule has 104 valence electrons. The maximum Gasteiger partial charge on any atom is 0.326 e. The van der Waals surface area contributed by atoms with E-state index in [0.29, 0.717) is 5.76 Å². The Bertz CT molecular complexity index is 500. The summed E-state index contributed by atoms with van der Waals surface area (Å²) >= 11 is 0. The maximum atomic E-state index is 11.7. The van der Waals surface area contributed by atoms with Crippen LogP contribution in [0.3, 0.4) is 0 Å². The predicted molar refractivity (Wildman–Crippen MR) is 64.8 cm³/mol. The van der Waals surface area contributed by atoms with Crippen molar-refractivity contribution in [1.82, 2.24) is 10.4 Å². The number of ether oxygens (including phenoxy) is 1. The summed E-state index contributed by atoms with van der Waals surface area (Å²) in [6, 6.07) is -0.721. The zero-order chi connectivity index (χ0) is 14.4. The molecule has 19 heavy (non-hydrogen) atoms. The van der Waals surface area contributed by atoms with Crippen molar-refractivity contribution in [3.05, 3.63) is 24.1 Å². The van der Waals surface area contributed by atoms with Crippen LogP contribution in [0.25, 0.3) is 0 Å². The quantitative estimate of drug-likeness (QED) is 0.670. The van der Waals surface area contributed by atoms with E-state index in [1.54, 1.807) is 18.4 Å². The average Bonchev–Trinajstić information content (AvgIpc) is 2.60. The number of nitrogens with zero attached hydrogens (tertiary/aromatic N) is 1. The minimum absolute atomic E-state index is 0.407. The molecule has 0 aliphatic carbocycles. The molecule has 0 aromatic carbocycles. The number of aliphatic carboxylic acids is 2. The van der Waals surface area contributed by atoms with E-state index >= 15 is 0 Å². The van der Waals surface area contributed by atoms with Gasteiger partial charge in [0.05, 0.1) is 7.11 Å². The predicted octanol–water partition coefficient (Wildman–Crippen LogP) is 0.167. The first-order chi connectivity index (χ1) is 8.79. The van der Waals surface area contributed by atoms with Crippen molar-refractivity contribution in [1.29, 1.82) is 0 Å². The minimum Gasteiger partial charge on any atom is -0.499 e. The largest absolute Gasteiger partial charge is 0.499 e. The van der Waals surface area contributed by atoms with Gasteiger partial charge in [-0.05, 0) is 26.0 Å². The summed E-state index contributed by atoms with van der Waals surface area (Å²) < 4.78 is 5.20. The number of fused-ring (bicyclic) bond motifs is 1. The van der Waals surface area contributed by atoms with Gasteiger partial charge >= 0.3 is 11.9 Å². The van der Waals surface area contributed by atoms with Crippen LogP contribution in [0, 0.1) is 5.41 Å². The fourth-order valence-electron chi connectivity index (χ4n) is 2.64. The van der Waals surface area contributed by atoms with Crippen molar-refractivity contribution in [3.63, 3.8) is 0 Å². The molecule has 1 fully saturated rings. The summed E-state index contributed by atoms with van der Waals surface area (Å²) in [7, 11) is 1.43. The second kappa shape index (κ2) is 3.99. The smallest absolute Gasteiger partial charge is 0.326 e. The molecule has 7 heteroatoms. The van der Waals surface area contributed by atoms with E-state index in [0.717, 1.165) is 0 Å². The molecule has 0 amide bonds. The van der Waals surface area contributed by atoms with E-state index in [1.807, 2.05) is 0 Å². The van der Waals surface area contributed by atoms with Crippen molar-refractivity contribution < 1.29 is 24.5 Å². The molecule has 7 nitrogen and oxygen atoms in total. The van der Waals surface area contributed by atoms with E-state index in [1.165, 1.54) is 26.0 Å². The van der Waals surface area contributed by atoms with Gasteiger partial charge in [-0.1, -0.05) is 0 Å². The van der Waals surface area contributed by atoms with Crippen LogP contribution in [0.5, 0.6) is 0 Å². The van der Waals surface area contributed by atoms with E-state index < -0.39 is 28.9 Å². The minimum atomic E-state index is -1.64. The van der Waals surface area contributed by atoms with Gasteiger partial charge in [0.2, 0.25) is 0 Å². The van der Waals surface area contributed by atoms with Crippen LogP contribution in [0.1, 0.15) is 13.8 Å². The first kappa shape index (κ1) is 13.4. The Morgan fingerprint density at radius 3 is 2.47 bits per heavy atom. The van der Waals surface area contributed by atoms with Crippen LogP contribution in [-0.2, 0) is 14.3 Å². The molecule has 0 bridgehead atoms. The molecule has 3 atom stereocenters. The molecule has 2 heterocycles. The number of nitrogens with one attached hydrogen (secondary N) is 1. The van der Waals surface area contributed by atoms with Gasteiger partial charge in [-0.3, -0.25) is 9.59 Å². The summed E-state index contributed by atoms with van der Waals surface area (Å²) in [4.78, 5) is 23.3. The van der Waals surface area contributed by atoms with E-state index in [9.17, 15) is 19.8 Å². The van der Waals surface area contributed by atoms with Crippen LogP contribution in [0.4, 0.5) is 0 Å². The maximum absolute atomic E-state index is 11.7. The molecule has 2 aliphatic rings. The van der Waals surface area contributed by atoms with Crippen LogP contribution in [-0.4, -0.2) is 45.9 Å². The monoisotopic (exact) mass is 268 g/mol. The fourth-order valence-corrected chi connectivity index (χ4v) is 2.64. The Hall–Kier alpha value is -2.02. The second-order valence-corrected chi connectivity index (χ2v) is 4.97. The summed E-state index contributed by atoms with van der Waals surface area (Å²) in [6.45, 7) is 2.77. The van der Waals surface area contributed by atoms with E-state index in [2.05, 4.69) is 5.43 Å². The Morgan fingerprint density at radius 1 is 1.37 bits per heavy atom. The molecular formula is C12H16N2O5. The average molecular weight is 268 g/mol. The summed E-state index contributed by atoms with van der Waals surface area (Å²) in [6.07, 6.45) is 4.90. The number of methoxy groups -OCH3 is 1. The Labute approximate surface area is 110 Å². The van der Waals surface area contributed by atoms with Gasteiger partial charge in [0.15, 0.2) is 0 Å². The Kier molecular flexibility index (Phi) is 2.82. The molecule has 0 radical (unpaired) electrons. The number of rotatable bonds is 3. The fraction of sp³-hybridized carbons (Fsp3) is 0.500. The van der Waals surface area contributed by atoms with Gasteiger partial charge in [-0.15, -0.1) is 0 Å². The standard InChI is InChI=1S/C12H16N2O5/c1-11(9(15)16)8-7(19-3)5-4-6-14(8)13-12(11,2)10(17)18/h4-6,8,13H,1-3H3,(H,15,16)(H,17,18). The Morgan fingerprint density at radius 2 is 2.00 bits per heavy atom. The lowest BCUT2D eigenvalue weighted by molar-refractivity contribution is -0.162. The first-order valence-electron chi connectivity index (χ1n) is 5.74. The molecule has 3 N–H and O–H groups in total. The van der Waals surface area contributed by atoms with Gasteiger partial charge in [-0.2, -0.15) is 0 Å². The lowest BCUT2D eigenvalue weighted by atomic mass is 9.68. The molecule has 0 aromatic heterocycles. The highest BCUT2D eigenvalue weighted by Crippen LogP contribution is 2.47. The highest BCUT2D eigenvalue weighted by molar-refractivity contribution is 5.91. The van der Waals surface area contributed by atoms with Gasteiger partial charge in [0.1, 0.15) is 22.8 Å². The second-order valence-electron chi connectivity index (χ2n) is 4.97. The molecular weight excluding hydrogens is 252 g/mol. The highest BCUT2D eigenvalue weighted by Gasteiger charge is 2.68. The Balaban J connectivity index is 2.61. The number of allylic oxidation sites excluding steroid dienone is 2. The van der Waals surface area contributed by atoms with Crippen LogP contribution < -0.4 is 5.43 Å². The lowest BCUT2D eigenvalue weighted by Gasteiger charge is -2.36. The first-order valence-corrected chi connectivity index (χ1v) is 5.74. The van der Waals surface area contributed by atoms with Crippen molar-refractivity contribution in [3.8, 4) is 0 Å². The zero-order valence-corrected chi connectivity index (χ0v) is 10.9. The van der Waals surface area contributed by atoms with Crippen LogP contribution >= 0.6 is 0 Å². The number of hydrogen-bond acceptors (Lipinski definition) is 5. The van der Waals surface area contributed by atoms with Gasteiger partial charge in [-0.25, -0.2) is 5.43 Å². The number of carbonyl (C=O) groups is 2. The molecule has 0 spiro atoms. The SMILES string of the molecule is COC1=CC=CN2NC(C)(C(=O)O)C(C)(C(=O)O)C12. The van der Waals surface area contributed by atoms with Crippen LogP contribution in [0.15, 0.2) is 24.1 Å². The molecule has 0 saturated carbocycles. The third-order valence-electron chi connectivity index (χ3n) is 4.10. The summed E-state index contributed by atoms with van der Waals surface area (Å²) in [5, 5.41) is 20.5. The van der Waals surface area contributed by atoms with Crippen LogP contribution in [0.2, 0.25) is 0 Å². The summed E-state index contributed by atoms with van der Waals surface area (Å²) in [5.74, 6) is -2.02. The number of carboxylic acid groups (broad SMARTS) is 2. The molecule has 1 saturated heterocycles. The topological polar surface area (TPSA) is 99.1 Å². The van der Waals surface area contributed by atoms with Crippen molar-refractivity contribution in [2.45, 2.75) is 25.4 Å². The van der Waals surface area contributed by atoms with E-state index in [4.69, 9.17) is 4.74 Å². The van der Waals surface area contributed by atoms with Crippen molar-refractivity contribution in [2.75, 3.05) is 7.11 Å². The number of hydrogen-bond donors (Lipinski definition) is 3. The normalized spacial score (nSPS) is 36.7. The zero-order valence-electron chi connectivity index (χ0n) is 10.9. The molecule has 3 unspecified atom stereocenters. The third-order valence-corrected chi connectivity index (χ3v) is 4.10. The number of hydrazine groups is 1.